The minimum Gasteiger partial charge on any atom is -0.299 e. The predicted molar refractivity (Wildman–Crippen MR) is 64.7 cm³/mol. The maximum absolute atomic E-state index is 11.9. The fraction of sp³-hybridized carbons (Fsp3) is 0.643. The van der Waals surface area contributed by atoms with Gasteiger partial charge in [-0.05, 0) is 38.5 Å². The average Bonchev–Trinajstić information content (AvgIpc) is 2.23. The van der Waals surface area contributed by atoms with Gasteiger partial charge in [0.1, 0.15) is 5.78 Å². The third kappa shape index (κ3) is 1.92. The predicted octanol–water partition coefficient (Wildman–Crippen LogP) is 3.90. The van der Waals surface area contributed by atoms with Gasteiger partial charge >= 0.3 is 0 Å². The molecular formula is C14H22O. The summed E-state index contributed by atoms with van der Waals surface area (Å²) in [6.07, 6.45) is 7.32. The van der Waals surface area contributed by atoms with Crippen molar-refractivity contribution < 1.29 is 4.79 Å². The zero-order valence-electron chi connectivity index (χ0n) is 10.4. The number of carbonyl (C=O) groups excluding carboxylic acids is 1. The molecule has 0 fully saturated rings. The molecule has 0 saturated heterocycles. The second-order valence-electron chi connectivity index (χ2n) is 5.36. The Balaban J connectivity index is 3.33. The fourth-order valence-corrected chi connectivity index (χ4v) is 2.73. The van der Waals surface area contributed by atoms with Crippen molar-refractivity contribution in [2.45, 2.75) is 47.0 Å². The van der Waals surface area contributed by atoms with Crippen LogP contribution in [0, 0.1) is 10.8 Å². The van der Waals surface area contributed by atoms with Crippen LogP contribution < -0.4 is 0 Å². The van der Waals surface area contributed by atoms with Gasteiger partial charge in [0.25, 0.3) is 0 Å². The minimum atomic E-state index is -0.465. The summed E-state index contributed by atoms with van der Waals surface area (Å²) in [6, 6.07) is 0. The van der Waals surface area contributed by atoms with E-state index in [2.05, 4.69) is 33.4 Å². The molecule has 0 aromatic heterocycles. The number of hydrogen-bond donors (Lipinski definition) is 0. The monoisotopic (exact) mass is 206 g/mol. The molecule has 0 aromatic carbocycles. The molecule has 84 valence electrons. The molecule has 1 aliphatic rings. The molecule has 0 heterocycles. The van der Waals surface area contributed by atoms with Crippen molar-refractivity contribution >= 4 is 5.78 Å². The van der Waals surface area contributed by atoms with Gasteiger partial charge in [0.15, 0.2) is 0 Å². The molecule has 0 spiro atoms. The van der Waals surface area contributed by atoms with Crippen molar-refractivity contribution in [3.63, 3.8) is 0 Å². The van der Waals surface area contributed by atoms with Gasteiger partial charge in [0.05, 0.1) is 5.41 Å². The Kier molecular flexibility index (Phi) is 3.22. The van der Waals surface area contributed by atoms with E-state index in [-0.39, 0.29) is 11.2 Å². The SMILES string of the molecule is C=CC1(C(C)=O)C=C(C)CCCC1(C)C. The highest BCUT2D eigenvalue weighted by atomic mass is 16.1. The van der Waals surface area contributed by atoms with E-state index in [1.54, 1.807) is 6.92 Å². The average molecular weight is 206 g/mol. The van der Waals surface area contributed by atoms with Crippen molar-refractivity contribution in [2.24, 2.45) is 10.8 Å². The Morgan fingerprint density at radius 3 is 2.60 bits per heavy atom. The second kappa shape index (κ2) is 3.96. The molecule has 0 N–H and O–H groups in total. The first-order valence-electron chi connectivity index (χ1n) is 5.69. The molecule has 1 atom stereocenters. The van der Waals surface area contributed by atoms with Gasteiger partial charge in [-0.1, -0.05) is 31.6 Å². The lowest BCUT2D eigenvalue weighted by atomic mass is 9.62. The van der Waals surface area contributed by atoms with Gasteiger partial charge in [0, 0.05) is 0 Å². The van der Waals surface area contributed by atoms with Crippen molar-refractivity contribution in [2.75, 3.05) is 0 Å². The topological polar surface area (TPSA) is 17.1 Å². The fourth-order valence-electron chi connectivity index (χ4n) is 2.73. The summed E-state index contributed by atoms with van der Waals surface area (Å²) in [7, 11) is 0. The summed E-state index contributed by atoms with van der Waals surface area (Å²) < 4.78 is 0. The molecule has 0 saturated carbocycles. The number of hydrogen-bond acceptors (Lipinski definition) is 1. The van der Waals surface area contributed by atoms with E-state index in [4.69, 9.17) is 0 Å². The molecule has 1 rings (SSSR count). The van der Waals surface area contributed by atoms with Crippen molar-refractivity contribution in [3.05, 3.63) is 24.3 Å². The molecule has 1 heteroatoms. The summed E-state index contributed by atoms with van der Waals surface area (Å²) in [6.45, 7) is 12.0. The highest BCUT2D eigenvalue weighted by molar-refractivity contribution is 5.87. The highest BCUT2D eigenvalue weighted by Gasteiger charge is 2.45. The Morgan fingerprint density at radius 2 is 2.13 bits per heavy atom. The number of allylic oxidation sites excluding steroid dienone is 3. The molecule has 1 aliphatic carbocycles. The molecular weight excluding hydrogens is 184 g/mol. The quantitative estimate of drug-likeness (QED) is 0.626. The van der Waals surface area contributed by atoms with Gasteiger partial charge < -0.3 is 0 Å². The Morgan fingerprint density at radius 1 is 1.53 bits per heavy atom. The Bertz CT molecular complexity index is 309. The molecule has 0 amide bonds. The molecule has 0 aromatic rings. The summed E-state index contributed by atoms with van der Waals surface area (Å²) in [5, 5.41) is 0. The van der Waals surface area contributed by atoms with Crippen LogP contribution in [-0.4, -0.2) is 5.78 Å². The lowest BCUT2D eigenvalue weighted by Gasteiger charge is -2.40. The van der Waals surface area contributed by atoms with Crippen LogP contribution in [0.3, 0.4) is 0 Å². The zero-order chi connectivity index (χ0) is 11.7. The van der Waals surface area contributed by atoms with Crippen LogP contribution >= 0.6 is 0 Å². The van der Waals surface area contributed by atoms with Crippen LogP contribution in [-0.2, 0) is 4.79 Å². The lowest BCUT2D eigenvalue weighted by Crippen LogP contribution is -2.39. The normalized spacial score (nSPS) is 30.3. The summed E-state index contributed by atoms with van der Waals surface area (Å²) in [5.74, 6) is 0.212. The summed E-state index contributed by atoms with van der Waals surface area (Å²) >= 11 is 0. The van der Waals surface area contributed by atoms with Gasteiger partial charge in [-0.25, -0.2) is 0 Å². The van der Waals surface area contributed by atoms with Crippen LogP contribution in [0.4, 0.5) is 0 Å². The number of carbonyl (C=O) groups is 1. The number of Topliss-reactive ketones (excluding diaryl/α,β-unsaturated/α-hetero) is 1. The molecule has 0 aliphatic heterocycles. The van der Waals surface area contributed by atoms with Crippen molar-refractivity contribution in [1.82, 2.24) is 0 Å². The summed E-state index contributed by atoms with van der Waals surface area (Å²) in [5.41, 5.74) is 0.835. The van der Waals surface area contributed by atoms with Crippen molar-refractivity contribution in [3.8, 4) is 0 Å². The van der Waals surface area contributed by atoms with Gasteiger partial charge in [0.2, 0.25) is 0 Å². The van der Waals surface area contributed by atoms with E-state index in [0.717, 1.165) is 19.3 Å². The van der Waals surface area contributed by atoms with Gasteiger partial charge in [-0.2, -0.15) is 0 Å². The second-order valence-corrected chi connectivity index (χ2v) is 5.36. The van der Waals surface area contributed by atoms with E-state index < -0.39 is 5.41 Å². The molecule has 0 radical (unpaired) electrons. The first-order chi connectivity index (χ1) is 6.85. The molecule has 1 nitrogen and oxygen atoms in total. The standard InChI is InChI=1S/C14H22O/c1-6-14(12(3)15)10-11(2)8-7-9-13(14,4)5/h6,10H,1,7-9H2,2-5H3. The highest BCUT2D eigenvalue weighted by Crippen LogP contribution is 2.48. The van der Waals surface area contributed by atoms with E-state index in [1.807, 2.05) is 6.08 Å². The minimum absolute atomic E-state index is 0.0155. The smallest absolute Gasteiger partial charge is 0.144 e. The number of ketones is 1. The van der Waals surface area contributed by atoms with E-state index >= 15 is 0 Å². The third-order valence-corrected chi connectivity index (χ3v) is 3.87. The maximum Gasteiger partial charge on any atom is 0.144 e. The summed E-state index contributed by atoms with van der Waals surface area (Å²) in [4.78, 5) is 11.9. The van der Waals surface area contributed by atoms with Crippen LogP contribution in [0.2, 0.25) is 0 Å². The Labute approximate surface area is 93.3 Å². The van der Waals surface area contributed by atoms with E-state index in [0.29, 0.717) is 0 Å². The Hall–Kier alpha value is -0.850. The van der Waals surface area contributed by atoms with E-state index in [1.165, 1.54) is 5.57 Å². The lowest BCUT2D eigenvalue weighted by molar-refractivity contribution is -0.126. The maximum atomic E-state index is 11.9. The molecule has 1 unspecified atom stereocenters. The molecule has 15 heavy (non-hydrogen) atoms. The third-order valence-electron chi connectivity index (χ3n) is 3.87. The van der Waals surface area contributed by atoms with Crippen LogP contribution in [0.15, 0.2) is 24.3 Å². The zero-order valence-corrected chi connectivity index (χ0v) is 10.4. The number of rotatable bonds is 2. The van der Waals surface area contributed by atoms with E-state index in [9.17, 15) is 4.79 Å². The first-order valence-corrected chi connectivity index (χ1v) is 5.69. The van der Waals surface area contributed by atoms with Gasteiger partial charge in [-0.15, -0.1) is 6.58 Å². The van der Waals surface area contributed by atoms with Crippen LogP contribution in [0.25, 0.3) is 0 Å². The first kappa shape index (κ1) is 12.2. The van der Waals surface area contributed by atoms with Crippen molar-refractivity contribution in [1.29, 1.82) is 0 Å². The van der Waals surface area contributed by atoms with Gasteiger partial charge in [-0.3, -0.25) is 4.79 Å². The van der Waals surface area contributed by atoms with Crippen LogP contribution in [0.5, 0.6) is 0 Å². The van der Waals surface area contributed by atoms with Crippen LogP contribution in [0.1, 0.15) is 47.0 Å². The molecule has 0 bridgehead atoms. The largest absolute Gasteiger partial charge is 0.299 e.